The molecule has 0 bridgehead atoms. The van der Waals surface area contributed by atoms with Crippen molar-refractivity contribution in [3.63, 3.8) is 0 Å². The predicted octanol–water partition coefficient (Wildman–Crippen LogP) is 2.78. The van der Waals surface area contributed by atoms with Gasteiger partial charge in [0.05, 0.1) is 5.69 Å². The van der Waals surface area contributed by atoms with Crippen molar-refractivity contribution in [1.82, 2.24) is 4.98 Å². The second kappa shape index (κ2) is 6.71. The van der Waals surface area contributed by atoms with E-state index in [1.165, 1.54) is 31.9 Å². The summed E-state index contributed by atoms with van der Waals surface area (Å²) in [6.45, 7) is 10.0. The van der Waals surface area contributed by atoms with Crippen LogP contribution in [-0.2, 0) is 11.8 Å². The molecule has 4 aromatic rings. The quantitative estimate of drug-likeness (QED) is 0.305. The zero-order valence-electron chi connectivity index (χ0n) is 18.9. The first-order valence-electron chi connectivity index (χ1n) is 11.2. The SMILES string of the molecule is C[Si]1(C)c2ccccc2P2(=S)c3ccccc3[Si](C)(C)c3cc(-c4ccccn4)cc1c32. The highest BCUT2D eigenvalue weighted by atomic mass is 32.4. The van der Waals surface area contributed by atoms with Gasteiger partial charge in [-0.1, -0.05) is 105 Å². The molecular formula is C27H26NPSSi2. The minimum Gasteiger partial charge on any atom is -0.256 e. The summed E-state index contributed by atoms with van der Waals surface area (Å²) in [5.41, 5.74) is 2.31. The number of rotatable bonds is 1. The Morgan fingerprint density at radius 2 is 1.16 bits per heavy atom. The topological polar surface area (TPSA) is 12.9 Å². The van der Waals surface area contributed by atoms with Gasteiger partial charge in [-0.05, 0) is 54.4 Å². The molecule has 0 radical (unpaired) electrons. The third kappa shape index (κ3) is 2.50. The molecule has 158 valence electrons. The Balaban J connectivity index is 1.82. The molecule has 6 rings (SSSR count). The van der Waals surface area contributed by atoms with E-state index >= 15 is 0 Å². The molecule has 32 heavy (non-hydrogen) atoms. The predicted molar refractivity (Wildman–Crippen MR) is 149 cm³/mol. The van der Waals surface area contributed by atoms with E-state index < -0.39 is 22.2 Å². The minimum absolute atomic E-state index is 1.06. The van der Waals surface area contributed by atoms with Gasteiger partial charge in [0.2, 0.25) is 0 Å². The molecule has 0 fully saturated rings. The summed E-state index contributed by atoms with van der Waals surface area (Å²) < 4.78 is 0. The van der Waals surface area contributed by atoms with Crippen molar-refractivity contribution in [3.8, 4) is 11.3 Å². The lowest BCUT2D eigenvalue weighted by molar-refractivity contribution is 1.33. The fraction of sp³-hybridized carbons (Fsp3) is 0.148. The average Bonchev–Trinajstić information content (AvgIpc) is 2.82. The lowest BCUT2D eigenvalue weighted by Crippen LogP contribution is -2.76. The van der Waals surface area contributed by atoms with Crippen LogP contribution in [0.5, 0.6) is 0 Å². The van der Waals surface area contributed by atoms with E-state index in [4.69, 9.17) is 16.8 Å². The zero-order valence-corrected chi connectivity index (χ0v) is 22.6. The first-order chi connectivity index (χ1) is 15.3. The smallest absolute Gasteiger partial charge is 0.114 e. The number of benzene rings is 3. The average molecular weight is 484 g/mol. The summed E-state index contributed by atoms with van der Waals surface area (Å²) >= 11 is 6.86. The summed E-state index contributed by atoms with van der Waals surface area (Å²) in [5, 5.41) is 10.6. The molecule has 0 atom stereocenters. The van der Waals surface area contributed by atoms with Crippen LogP contribution in [0.15, 0.2) is 85.1 Å². The number of aromatic nitrogens is 1. The van der Waals surface area contributed by atoms with Crippen LogP contribution < -0.4 is 36.7 Å². The molecule has 2 aliphatic rings. The second-order valence-corrected chi connectivity index (χ2v) is 23.0. The normalized spacial score (nSPS) is 18.2. The molecule has 0 saturated carbocycles. The largest absolute Gasteiger partial charge is 0.256 e. The van der Waals surface area contributed by atoms with Crippen molar-refractivity contribution in [2.75, 3.05) is 0 Å². The highest BCUT2D eigenvalue weighted by molar-refractivity contribution is 8.26. The van der Waals surface area contributed by atoms with Crippen LogP contribution >= 0.6 is 6.04 Å². The summed E-state index contributed by atoms with van der Waals surface area (Å²) in [7, 11) is -3.85. The molecule has 0 saturated heterocycles. The number of hydrogen-bond acceptors (Lipinski definition) is 2. The fourth-order valence-corrected chi connectivity index (χ4v) is 22.3. The Bertz CT molecular complexity index is 1380. The van der Waals surface area contributed by atoms with E-state index in [1.54, 1.807) is 10.4 Å². The van der Waals surface area contributed by atoms with Crippen molar-refractivity contribution >= 4 is 70.7 Å². The van der Waals surface area contributed by atoms with Gasteiger partial charge in [-0.3, -0.25) is 4.98 Å². The van der Waals surface area contributed by atoms with Crippen LogP contribution in [0.1, 0.15) is 0 Å². The number of nitrogens with zero attached hydrogens (tertiary/aromatic N) is 1. The molecule has 3 heterocycles. The van der Waals surface area contributed by atoms with E-state index in [9.17, 15) is 0 Å². The van der Waals surface area contributed by atoms with Crippen LogP contribution in [0, 0.1) is 0 Å². The summed E-state index contributed by atoms with van der Waals surface area (Å²) in [6, 6.07) is 27.3. The van der Waals surface area contributed by atoms with Gasteiger partial charge in [0.1, 0.15) is 16.1 Å². The Hall–Kier alpha value is -2.11. The number of fused-ring (bicyclic) bond motifs is 4. The van der Waals surface area contributed by atoms with Gasteiger partial charge in [0.25, 0.3) is 0 Å². The van der Waals surface area contributed by atoms with Crippen LogP contribution in [0.2, 0.25) is 26.2 Å². The van der Waals surface area contributed by atoms with E-state index in [0.29, 0.717) is 0 Å². The first kappa shape index (κ1) is 20.5. The molecule has 3 aromatic carbocycles. The molecule has 5 heteroatoms. The lowest BCUT2D eigenvalue weighted by atomic mass is 10.1. The molecule has 1 aromatic heterocycles. The monoisotopic (exact) mass is 483 g/mol. The number of hydrogen-bond donors (Lipinski definition) is 0. The third-order valence-corrected chi connectivity index (χ3v) is 20.4. The van der Waals surface area contributed by atoms with Crippen molar-refractivity contribution in [2.24, 2.45) is 0 Å². The molecule has 0 N–H and O–H groups in total. The Morgan fingerprint density at radius 1 is 0.656 bits per heavy atom. The van der Waals surface area contributed by atoms with Gasteiger partial charge in [-0.2, -0.15) is 0 Å². The Kier molecular flexibility index (Phi) is 4.30. The van der Waals surface area contributed by atoms with Crippen LogP contribution in [0.3, 0.4) is 0 Å². The highest BCUT2D eigenvalue weighted by Gasteiger charge is 2.51. The van der Waals surface area contributed by atoms with Gasteiger partial charge < -0.3 is 0 Å². The molecule has 0 unspecified atom stereocenters. The fourth-order valence-electron chi connectivity index (χ4n) is 5.82. The highest BCUT2D eigenvalue weighted by Crippen LogP contribution is 2.46. The summed E-state index contributed by atoms with van der Waals surface area (Å²) in [6.07, 6.45) is 1.90. The van der Waals surface area contributed by atoms with E-state index in [0.717, 1.165) is 5.69 Å². The summed E-state index contributed by atoms with van der Waals surface area (Å²) in [4.78, 5) is 4.73. The van der Waals surface area contributed by atoms with Gasteiger partial charge >= 0.3 is 0 Å². The molecule has 0 amide bonds. The molecule has 0 aliphatic carbocycles. The standard InChI is InChI=1S/C27H26NPSSi2/c1-31(2)23-14-7-5-12-21(23)29(30)22-13-6-8-15-24(22)32(3,4)26-18-19(17-25(31)27(26)29)20-11-9-10-16-28-20/h5-18H,1-4H3. The maximum atomic E-state index is 6.86. The van der Waals surface area contributed by atoms with Crippen molar-refractivity contribution < 1.29 is 0 Å². The van der Waals surface area contributed by atoms with Gasteiger partial charge in [0, 0.05) is 12.2 Å². The third-order valence-electron chi connectivity index (χ3n) is 7.57. The summed E-state index contributed by atoms with van der Waals surface area (Å²) in [5.74, 6) is 0. The minimum atomic E-state index is -2.10. The van der Waals surface area contributed by atoms with E-state index in [2.05, 4.69) is 99.0 Å². The number of pyridine rings is 1. The van der Waals surface area contributed by atoms with E-state index in [-0.39, 0.29) is 0 Å². The van der Waals surface area contributed by atoms with Crippen molar-refractivity contribution in [2.45, 2.75) is 26.2 Å². The lowest BCUT2D eigenvalue weighted by Gasteiger charge is -2.48. The molecule has 1 nitrogen and oxygen atoms in total. The maximum absolute atomic E-state index is 6.86. The molecule has 2 aliphatic heterocycles. The van der Waals surface area contributed by atoms with Crippen LogP contribution in [0.25, 0.3) is 11.3 Å². The Labute approximate surface area is 197 Å². The zero-order chi connectivity index (χ0) is 22.3. The molecule has 0 spiro atoms. The first-order valence-corrected chi connectivity index (χ1v) is 20.0. The Morgan fingerprint density at radius 3 is 1.66 bits per heavy atom. The molecular weight excluding hydrogens is 458 g/mol. The van der Waals surface area contributed by atoms with Gasteiger partial charge in [-0.15, -0.1) is 0 Å². The second-order valence-electron chi connectivity index (χ2n) is 10.0. The van der Waals surface area contributed by atoms with Gasteiger partial charge in [0.15, 0.2) is 0 Å². The van der Waals surface area contributed by atoms with Crippen molar-refractivity contribution in [1.29, 1.82) is 0 Å². The van der Waals surface area contributed by atoms with Crippen LogP contribution in [0.4, 0.5) is 0 Å². The maximum Gasteiger partial charge on any atom is 0.114 e. The van der Waals surface area contributed by atoms with Crippen molar-refractivity contribution in [3.05, 3.63) is 85.1 Å². The van der Waals surface area contributed by atoms with Gasteiger partial charge in [-0.25, -0.2) is 0 Å². The van der Waals surface area contributed by atoms with E-state index in [1.807, 2.05) is 12.3 Å². The van der Waals surface area contributed by atoms with Crippen LogP contribution in [-0.4, -0.2) is 21.1 Å².